The van der Waals surface area contributed by atoms with E-state index in [9.17, 15) is 37.8 Å². The zero-order valence-electron chi connectivity index (χ0n) is 30.3. The minimum Gasteiger partial charge on any atom is -0.390 e. The van der Waals surface area contributed by atoms with Gasteiger partial charge in [0.2, 0.25) is 17.7 Å². The molecule has 0 bridgehead atoms. The fraction of sp³-hybridized carbons (Fsp3) is 0.667. The maximum atomic E-state index is 14.0. The van der Waals surface area contributed by atoms with Gasteiger partial charge in [-0.1, -0.05) is 69.4 Å². The smallest absolute Gasteiger partial charge is 0.390 e. The quantitative estimate of drug-likeness (QED) is 0.111. The third kappa shape index (κ3) is 16.1. The standard InChI is InChI=1S/C39H57F3N4O5/c1-6-9-12-21-33(47)36(49)32(25-29-19-15-11-16-20-29)43-38(51)35(30(7-2)8-3)44-37(50)31(24-28-17-13-10-14-18-28)26-34(48)46(5)23-22-45(4)27-39(40,41)42/h1-2,10,13-14,17-18,29-33,35-36,47,49H,8-9,11-12,15-16,19-27H2,3-5H3,(H,43,51)(H,44,50)/t30?,31?,32?,33?,35-,36+/m0/s1. The van der Waals surface area contributed by atoms with Crippen molar-refractivity contribution in [3.05, 3.63) is 35.9 Å². The number of rotatable bonds is 21. The first kappa shape index (κ1) is 43.6. The lowest BCUT2D eigenvalue weighted by molar-refractivity contribution is -0.144. The summed E-state index contributed by atoms with van der Waals surface area (Å²) < 4.78 is 38.4. The molecule has 0 aromatic heterocycles. The Bertz CT molecular complexity index is 1290. The molecule has 0 spiro atoms. The number of benzene rings is 1. The molecule has 51 heavy (non-hydrogen) atoms. The van der Waals surface area contributed by atoms with Crippen molar-refractivity contribution in [2.24, 2.45) is 17.8 Å². The lowest BCUT2D eigenvalue weighted by Crippen LogP contribution is -2.57. The lowest BCUT2D eigenvalue weighted by atomic mass is 9.82. The van der Waals surface area contributed by atoms with Crippen LogP contribution >= 0.6 is 0 Å². The van der Waals surface area contributed by atoms with Gasteiger partial charge in [-0.3, -0.25) is 19.3 Å². The van der Waals surface area contributed by atoms with Crippen molar-refractivity contribution in [2.45, 2.75) is 114 Å². The number of halogens is 3. The van der Waals surface area contributed by atoms with Crippen LogP contribution in [-0.2, 0) is 20.8 Å². The van der Waals surface area contributed by atoms with Crippen LogP contribution in [0.5, 0.6) is 0 Å². The van der Waals surface area contributed by atoms with Crippen molar-refractivity contribution in [1.82, 2.24) is 20.4 Å². The van der Waals surface area contributed by atoms with Gasteiger partial charge >= 0.3 is 6.18 Å². The molecule has 1 aromatic rings. The Morgan fingerprint density at radius 2 is 1.67 bits per heavy atom. The van der Waals surface area contributed by atoms with Gasteiger partial charge < -0.3 is 25.7 Å². The van der Waals surface area contributed by atoms with Gasteiger partial charge in [-0.15, -0.1) is 24.7 Å². The number of carbonyl (C=O) groups is 3. The highest BCUT2D eigenvalue weighted by Gasteiger charge is 2.36. The van der Waals surface area contributed by atoms with Gasteiger partial charge in [0.1, 0.15) is 6.04 Å². The van der Waals surface area contributed by atoms with Crippen LogP contribution < -0.4 is 10.6 Å². The highest BCUT2D eigenvalue weighted by Crippen LogP contribution is 2.29. The molecule has 284 valence electrons. The summed E-state index contributed by atoms with van der Waals surface area (Å²) in [4.78, 5) is 43.7. The van der Waals surface area contributed by atoms with Crippen LogP contribution in [0.25, 0.3) is 0 Å². The molecule has 4 unspecified atom stereocenters. The van der Waals surface area contributed by atoms with Gasteiger partial charge in [0.05, 0.1) is 30.7 Å². The number of unbranched alkanes of at least 4 members (excludes halogenated alkanes) is 1. The van der Waals surface area contributed by atoms with Gasteiger partial charge in [-0.25, -0.2) is 0 Å². The topological polar surface area (TPSA) is 122 Å². The molecule has 9 nitrogen and oxygen atoms in total. The Morgan fingerprint density at radius 3 is 2.25 bits per heavy atom. The highest BCUT2D eigenvalue weighted by atomic mass is 19.4. The summed E-state index contributed by atoms with van der Waals surface area (Å²) in [6.45, 7) is 0.668. The second-order valence-electron chi connectivity index (χ2n) is 13.9. The summed E-state index contributed by atoms with van der Waals surface area (Å²) in [5.74, 6) is 2.10. The van der Waals surface area contributed by atoms with E-state index in [2.05, 4.69) is 22.5 Å². The molecular weight excluding hydrogens is 661 g/mol. The molecular formula is C39H57F3N4O5. The molecule has 1 fully saturated rings. The van der Waals surface area contributed by atoms with Gasteiger partial charge in [0, 0.05) is 38.9 Å². The van der Waals surface area contributed by atoms with Crippen molar-refractivity contribution < 1.29 is 37.8 Å². The largest absolute Gasteiger partial charge is 0.401 e. The molecule has 4 N–H and O–H groups in total. The van der Waals surface area contributed by atoms with E-state index in [1.54, 1.807) is 19.1 Å². The summed E-state index contributed by atoms with van der Waals surface area (Å²) in [6, 6.07) is 7.04. The van der Waals surface area contributed by atoms with Crippen LogP contribution in [0, 0.1) is 42.4 Å². The number of aliphatic hydroxyl groups excluding tert-OH is 2. The number of terminal acetylenes is 2. The normalized spacial score (nSPS) is 17.2. The molecule has 1 saturated carbocycles. The van der Waals surface area contributed by atoms with Crippen LogP contribution in [-0.4, -0.2) is 102 Å². The summed E-state index contributed by atoms with van der Waals surface area (Å²) in [6.07, 6.45) is 11.4. The van der Waals surface area contributed by atoms with Crippen molar-refractivity contribution in [2.75, 3.05) is 33.7 Å². The molecule has 1 aromatic carbocycles. The first-order chi connectivity index (χ1) is 24.2. The fourth-order valence-electron chi connectivity index (χ4n) is 6.61. The Kier molecular flexibility index (Phi) is 19.1. The summed E-state index contributed by atoms with van der Waals surface area (Å²) >= 11 is 0. The maximum absolute atomic E-state index is 14.0. The minimum atomic E-state index is -4.37. The summed E-state index contributed by atoms with van der Waals surface area (Å²) in [5, 5.41) is 27.8. The van der Waals surface area contributed by atoms with Gasteiger partial charge in [-0.05, 0) is 50.6 Å². The van der Waals surface area contributed by atoms with Crippen LogP contribution in [0.15, 0.2) is 30.3 Å². The highest BCUT2D eigenvalue weighted by molar-refractivity contribution is 5.91. The number of carbonyl (C=O) groups excluding carboxylic acids is 3. The molecule has 1 aliphatic rings. The molecule has 0 radical (unpaired) electrons. The molecule has 0 saturated heterocycles. The first-order valence-corrected chi connectivity index (χ1v) is 18.1. The van der Waals surface area contributed by atoms with Crippen molar-refractivity contribution >= 4 is 17.7 Å². The van der Waals surface area contributed by atoms with E-state index in [0.717, 1.165) is 42.6 Å². The number of likely N-dealkylation sites (N-methyl/N-ethyl adjacent to an activating group) is 2. The van der Waals surface area contributed by atoms with Crippen LogP contribution in [0.3, 0.4) is 0 Å². The van der Waals surface area contributed by atoms with Crippen LogP contribution in [0.4, 0.5) is 13.2 Å². The number of hydrogen-bond donors (Lipinski definition) is 4. The molecule has 6 atom stereocenters. The number of nitrogens with zero attached hydrogens (tertiary/aromatic N) is 2. The second-order valence-corrected chi connectivity index (χ2v) is 13.9. The number of hydrogen-bond acceptors (Lipinski definition) is 6. The molecule has 12 heteroatoms. The van der Waals surface area contributed by atoms with Crippen molar-refractivity contribution in [3.63, 3.8) is 0 Å². The SMILES string of the molecule is C#CCCCC(O)[C@H](O)C(CC1CCCCC1)NC(=O)[C@@H](NC(=O)C(CC(=O)N(C)CCN(C)CC(F)(F)F)Cc1ccccc1)C(C#C)CC. The molecule has 1 aliphatic carbocycles. The molecule has 0 heterocycles. The van der Waals surface area contributed by atoms with Gasteiger partial charge in [-0.2, -0.15) is 13.2 Å². The predicted molar refractivity (Wildman–Crippen MR) is 192 cm³/mol. The molecule has 2 rings (SSSR count). The van der Waals surface area contributed by atoms with Gasteiger partial charge in [0.15, 0.2) is 0 Å². The minimum absolute atomic E-state index is 0.0183. The van der Waals surface area contributed by atoms with E-state index in [0.29, 0.717) is 25.7 Å². The van der Waals surface area contributed by atoms with E-state index in [4.69, 9.17) is 12.8 Å². The Labute approximate surface area is 302 Å². The second kappa shape index (κ2) is 22.4. The average Bonchev–Trinajstić information content (AvgIpc) is 3.09. The lowest BCUT2D eigenvalue weighted by Gasteiger charge is -2.34. The summed E-state index contributed by atoms with van der Waals surface area (Å²) in [7, 11) is 2.79. The van der Waals surface area contributed by atoms with E-state index in [1.165, 1.54) is 19.0 Å². The van der Waals surface area contributed by atoms with Crippen molar-refractivity contribution in [1.29, 1.82) is 0 Å². The molecule has 3 amide bonds. The van der Waals surface area contributed by atoms with E-state index in [-0.39, 0.29) is 38.3 Å². The maximum Gasteiger partial charge on any atom is 0.401 e. The number of aliphatic hydroxyl groups is 2. The Hall–Kier alpha value is -3.58. The van der Waals surface area contributed by atoms with Crippen LogP contribution in [0.1, 0.15) is 83.1 Å². The zero-order valence-corrected chi connectivity index (χ0v) is 30.3. The monoisotopic (exact) mass is 718 g/mol. The number of nitrogens with one attached hydrogen (secondary N) is 2. The third-order valence-corrected chi connectivity index (χ3v) is 9.71. The Balaban J connectivity index is 2.29. The Morgan fingerprint density at radius 1 is 1.00 bits per heavy atom. The fourth-order valence-corrected chi connectivity index (χ4v) is 6.61. The zero-order chi connectivity index (χ0) is 38.0. The van der Waals surface area contributed by atoms with E-state index < -0.39 is 66.6 Å². The summed E-state index contributed by atoms with van der Waals surface area (Å²) in [5.41, 5.74) is 0.775. The predicted octanol–water partition coefficient (Wildman–Crippen LogP) is 4.31. The number of amides is 3. The van der Waals surface area contributed by atoms with E-state index >= 15 is 0 Å². The van der Waals surface area contributed by atoms with Gasteiger partial charge in [0.25, 0.3) is 0 Å². The van der Waals surface area contributed by atoms with Crippen LogP contribution in [0.2, 0.25) is 0 Å². The molecule has 0 aliphatic heterocycles. The average molecular weight is 719 g/mol. The first-order valence-electron chi connectivity index (χ1n) is 18.1. The van der Waals surface area contributed by atoms with E-state index in [1.807, 2.05) is 18.2 Å². The third-order valence-electron chi connectivity index (χ3n) is 9.71. The van der Waals surface area contributed by atoms with Crippen molar-refractivity contribution in [3.8, 4) is 24.7 Å². The number of alkyl halides is 3.